The van der Waals surface area contributed by atoms with Gasteiger partial charge in [-0.05, 0) is 42.9 Å². The quantitative estimate of drug-likeness (QED) is 0.515. The Morgan fingerprint density at radius 3 is 2.30 bits per heavy atom. The molecule has 0 aliphatic heterocycles. The van der Waals surface area contributed by atoms with Gasteiger partial charge in [-0.1, -0.05) is 27.2 Å². The number of hydrogen-bond acceptors (Lipinski definition) is 5. The first kappa shape index (κ1) is 23.9. The molecule has 9 heteroatoms. The van der Waals surface area contributed by atoms with E-state index in [4.69, 9.17) is 0 Å². The van der Waals surface area contributed by atoms with Gasteiger partial charge in [0.25, 0.3) is 5.91 Å². The molecule has 0 aliphatic carbocycles. The number of amides is 2. The highest BCUT2D eigenvalue weighted by Crippen LogP contribution is 2.30. The van der Waals surface area contributed by atoms with Gasteiger partial charge >= 0.3 is 0 Å². The molecule has 2 aromatic rings. The first-order valence-corrected chi connectivity index (χ1v) is 10.8. The van der Waals surface area contributed by atoms with Crippen LogP contribution in [0, 0.1) is 11.6 Å². The zero-order chi connectivity index (χ0) is 22.3. The van der Waals surface area contributed by atoms with Crippen molar-refractivity contribution in [2.75, 3.05) is 5.32 Å². The summed E-state index contributed by atoms with van der Waals surface area (Å²) in [6, 6.07) is 1.47. The zero-order valence-corrected chi connectivity index (χ0v) is 18.1. The Morgan fingerprint density at radius 2 is 1.73 bits per heavy atom. The van der Waals surface area contributed by atoms with Crippen LogP contribution in [0.2, 0.25) is 0 Å². The van der Waals surface area contributed by atoms with Gasteiger partial charge in [0.05, 0.1) is 0 Å². The molecular weight excluding hydrogens is 412 g/mol. The lowest BCUT2D eigenvalue weighted by atomic mass is 10.0. The number of anilines is 1. The number of aromatic nitrogens is 1. The van der Waals surface area contributed by atoms with E-state index in [1.165, 1.54) is 11.3 Å². The predicted octanol–water partition coefficient (Wildman–Crippen LogP) is 4.28. The van der Waals surface area contributed by atoms with Crippen molar-refractivity contribution >= 4 is 28.3 Å². The van der Waals surface area contributed by atoms with Crippen LogP contribution in [-0.4, -0.2) is 27.9 Å². The van der Waals surface area contributed by atoms with Gasteiger partial charge in [0.1, 0.15) is 17.7 Å². The third kappa shape index (κ3) is 6.30. The average Bonchev–Trinajstić information content (AvgIpc) is 3.15. The van der Waals surface area contributed by atoms with E-state index in [-0.39, 0.29) is 5.56 Å². The van der Waals surface area contributed by atoms with E-state index in [1.807, 2.05) is 6.92 Å². The number of nitrogens with one attached hydrogen (secondary N) is 2. The Balaban J connectivity index is 2.07. The van der Waals surface area contributed by atoms with Crippen LogP contribution in [0.3, 0.4) is 0 Å². The molecule has 0 spiro atoms. The summed E-state index contributed by atoms with van der Waals surface area (Å²) in [4.78, 5) is 30.4. The van der Waals surface area contributed by atoms with Crippen LogP contribution in [-0.2, 0) is 9.59 Å². The van der Waals surface area contributed by atoms with Gasteiger partial charge in [-0.25, -0.2) is 13.8 Å². The van der Waals surface area contributed by atoms with Crippen molar-refractivity contribution in [1.29, 1.82) is 0 Å². The molecule has 1 aromatic carbocycles. The summed E-state index contributed by atoms with van der Waals surface area (Å²) in [5, 5.41) is 15.8. The van der Waals surface area contributed by atoms with E-state index >= 15 is 0 Å². The first-order valence-electron chi connectivity index (χ1n) is 9.99. The standard InChI is InChI=1S/C21H27F2N3O3S/c1-4-7-16(19(28)26-21-24-11-17(30-21)12(5-2)6-3)25-20(29)18(27)13-8-14(22)10-15(23)9-13/h8-12,16,18,27H,4-7H2,1-3H3,(H,25,29)(H,24,26,28)/t16-,18-/m0/s1. The van der Waals surface area contributed by atoms with E-state index in [2.05, 4.69) is 29.5 Å². The minimum Gasteiger partial charge on any atom is -0.378 e. The number of aliphatic hydroxyl groups excluding tert-OH is 1. The molecule has 0 aliphatic rings. The Kier molecular flexibility index (Phi) is 8.86. The van der Waals surface area contributed by atoms with Gasteiger partial charge in [0, 0.05) is 17.1 Å². The van der Waals surface area contributed by atoms with E-state index in [1.54, 1.807) is 6.20 Å². The van der Waals surface area contributed by atoms with Crippen LogP contribution in [0.4, 0.5) is 13.9 Å². The molecule has 0 bridgehead atoms. The summed E-state index contributed by atoms with van der Waals surface area (Å²) in [6.07, 6.45) is 2.81. The van der Waals surface area contributed by atoms with Gasteiger partial charge in [0.15, 0.2) is 11.2 Å². The minimum atomic E-state index is -1.80. The minimum absolute atomic E-state index is 0.226. The molecule has 2 atom stereocenters. The fourth-order valence-corrected chi connectivity index (χ4v) is 4.19. The Morgan fingerprint density at radius 1 is 1.10 bits per heavy atom. The van der Waals surface area contributed by atoms with Crippen LogP contribution < -0.4 is 10.6 Å². The molecule has 2 rings (SSSR count). The van der Waals surface area contributed by atoms with E-state index in [0.717, 1.165) is 29.9 Å². The van der Waals surface area contributed by atoms with Crippen LogP contribution >= 0.6 is 11.3 Å². The van der Waals surface area contributed by atoms with Crippen molar-refractivity contribution in [1.82, 2.24) is 10.3 Å². The zero-order valence-electron chi connectivity index (χ0n) is 17.2. The summed E-state index contributed by atoms with van der Waals surface area (Å²) < 4.78 is 26.7. The lowest BCUT2D eigenvalue weighted by Gasteiger charge is -2.19. The van der Waals surface area contributed by atoms with Gasteiger partial charge in [-0.3, -0.25) is 9.59 Å². The molecular formula is C21H27F2N3O3S. The third-order valence-corrected chi connectivity index (χ3v) is 5.88. The maximum atomic E-state index is 13.4. The monoisotopic (exact) mass is 439 g/mol. The molecule has 0 fully saturated rings. The Labute approximate surface area is 178 Å². The highest BCUT2D eigenvalue weighted by atomic mass is 32.1. The fraction of sp³-hybridized carbons (Fsp3) is 0.476. The molecule has 30 heavy (non-hydrogen) atoms. The number of hydrogen-bond donors (Lipinski definition) is 3. The summed E-state index contributed by atoms with van der Waals surface area (Å²) in [5.74, 6) is -2.81. The van der Waals surface area contributed by atoms with Crippen LogP contribution in [0.15, 0.2) is 24.4 Å². The number of halogens is 2. The molecule has 0 radical (unpaired) electrons. The number of aliphatic hydroxyl groups is 1. The Hall–Kier alpha value is -2.39. The smallest absolute Gasteiger partial charge is 0.254 e. The van der Waals surface area contributed by atoms with Crippen molar-refractivity contribution in [3.63, 3.8) is 0 Å². The fourth-order valence-electron chi connectivity index (χ4n) is 3.11. The van der Waals surface area contributed by atoms with Crippen LogP contribution in [0.1, 0.15) is 68.9 Å². The van der Waals surface area contributed by atoms with Crippen molar-refractivity contribution in [2.24, 2.45) is 0 Å². The topological polar surface area (TPSA) is 91.3 Å². The van der Waals surface area contributed by atoms with Gasteiger partial charge in [0.2, 0.25) is 5.91 Å². The van der Waals surface area contributed by atoms with E-state index < -0.39 is 35.6 Å². The number of benzene rings is 1. The molecule has 6 nitrogen and oxygen atoms in total. The maximum Gasteiger partial charge on any atom is 0.254 e. The molecule has 2 amide bonds. The van der Waals surface area contributed by atoms with Crippen molar-refractivity contribution in [3.05, 3.63) is 46.5 Å². The molecule has 0 unspecified atom stereocenters. The van der Waals surface area contributed by atoms with E-state index in [9.17, 15) is 23.5 Å². The lowest BCUT2D eigenvalue weighted by molar-refractivity contribution is -0.133. The molecule has 1 heterocycles. The highest BCUT2D eigenvalue weighted by Gasteiger charge is 2.26. The second-order valence-electron chi connectivity index (χ2n) is 7.03. The van der Waals surface area contributed by atoms with Crippen molar-refractivity contribution < 1.29 is 23.5 Å². The predicted molar refractivity (Wildman–Crippen MR) is 112 cm³/mol. The largest absolute Gasteiger partial charge is 0.378 e. The highest BCUT2D eigenvalue weighted by molar-refractivity contribution is 7.15. The SMILES string of the molecule is CCC[C@H](NC(=O)[C@@H](O)c1cc(F)cc(F)c1)C(=O)Nc1ncc(C(CC)CC)s1. The lowest BCUT2D eigenvalue weighted by Crippen LogP contribution is -2.45. The Bertz CT molecular complexity index is 851. The van der Waals surface area contributed by atoms with Crippen molar-refractivity contribution in [2.45, 2.75) is 64.5 Å². The molecule has 0 saturated heterocycles. The molecule has 164 valence electrons. The number of nitrogens with zero attached hydrogens (tertiary/aromatic N) is 1. The average molecular weight is 440 g/mol. The number of carbonyl (C=O) groups is 2. The summed E-state index contributed by atoms with van der Waals surface area (Å²) >= 11 is 1.39. The molecule has 1 aromatic heterocycles. The summed E-state index contributed by atoms with van der Waals surface area (Å²) in [7, 11) is 0. The molecule has 0 saturated carbocycles. The third-order valence-electron chi connectivity index (χ3n) is 4.80. The number of thiazole rings is 1. The van der Waals surface area contributed by atoms with E-state index in [0.29, 0.717) is 30.0 Å². The van der Waals surface area contributed by atoms with Crippen molar-refractivity contribution in [3.8, 4) is 0 Å². The second-order valence-corrected chi connectivity index (χ2v) is 8.09. The first-order chi connectivity index (χ1) is 14.3. The summed E-state index contributed by atoms with van der Waals surface area (Å²) in [5.41, 5.74) is -0.226. The van der Waals surface area contributed by atoms with Gasteiger partial charge < -0.3 is 15.7 Å². The second kappa shape index (κ2) is 11.1. The number of carbonyl (C=O) groups excluding carboxylic acids is 2. The maximum absolute atomic E-state index is 13.4. The van der Waals surface area contributed by atoms with Gasteiger partial charge in [-0.15, -0.1) is 11.3 Å². The molecule has 3 N–H and O–H groups in total. The van der Waals surface area contributed by atoms with Gasteiger partial charge in [-0.2, -0.15) is 0 Å². The number of rotatable bonds is 10. The summed E-state index contributed by atoms with van der Waals surface area (Å²) in [6.45, 7) is 6.03. The van der Waals surface area contributed by atoms with Crippen LogP contribution in [0.5, 0.6) is 0 Å². The van der Waals surface area contributed by atoms with Crippen LogP contribution in [0.25, 0.3) is 0 Å². The normalized spacial score (nSPS) is 13.2.